The first kappa shape index (κ1) is 13.0. The Morgan fingerprint density at radius 3 is 2.50 bits per heavy atom. The summed E-state index contributed by atoms with van der Waals surface area (Å²) in [6, 6.07) is 17.5. The van der Waals surface area contributed by atoms with Gasteiger partial charge in [-0.1, -0.05) is 0 Å². The molecule has 0 amide bonds. The third-order valence-corrected chi connectivity index (χ3v) is 5.45. The monoisotopic (exact) mass is 331 g/mol. The van der Waals surface area contributed by atoms with Crippen LogP contribution in [0, 0.1) is 0 Å². The molecule has 0 bridgehead atoms. The molecule has 3 rings (SSSR count). The molecule has 0 spiro atoms. The number of nitrogen functional groups attached to an aromatic ring is 1. The van der Waals surface area contributed by atoms with Gasteiger partial charge in [0.25, 0.3) is 0 Å². The molecule has 0 saturated carbocycles. The minimum atomic E-state index is -0.308. The fraction of sp³-hybridized carbons (Fsp3) is 0.0625. The maximum atomic E-state index is 12.0. The minimum absolute atomic E-state index is 0.0317. The predicted octanol–water partition coefficient (Wildman–Crippen LogP) is 1.90. The normalized spacial score (nSPS) is 10.8. The molecule has 100 valence electrons. The molecule has 0 atom stereocenters. The van der Waals surface area contributed by atoms with Crippen molar-refractivity contribution in [1.82, 2.24) is 0 Å². The van der Waals surface area contributed by atoms with E-state index < -0.39 is 0 Å². The Morgan fingerprint density at radius 1 is 1.00 bits per heavy atom. The summed E-state index contributed by atoms with van der Waals surface area (Å²) in [4.78, 5) is 12.0. The zero-order valence-electron chi connectivity index (χ0n) is 10.7. The summed E-state index contributed by atoms with van der Waals surface area (Å²) in [5, 5.41) is 1.65. The Kier molecular flexibility index (Phi) is 3.59. The van der Waals surface area contributed by atoms with Gasteiger partial charge in [0, 0.05) is 0 Å². The Bertz CT molecular complexity index is 796. The van der Waals surface area contributed by atoms with Crippen LogP contribution in [-0.2, 0) is 5.32 Å². The summed E-state index contributed by atoms with van der Waals surface area (Å²) in [6.45, 7) is 0. The molecule has 2 N–H and O–H groups in total. The molecule has 0 aliphatic carbocycles. The Hall–Kier alpha value is -2.03. The van der Waals surface area contributed by atoms with Crippen LogP contribution in [0.15, 0.2) is 63.8 Å². The summed E-state index contributed by atoms with van der Waals surface area (Å²) >= 11 is -0.0317. The number of benzene rings is 2. The van der Waals surface area contributed by atoms with E-state index in [1.54, 1.807) is 6.07 Å². The number of hydrogen-bond acceptors (Lipinski definition) is 3. The summed E-state index contributed by atoms with van der Waals surface area (Å²) in [5.74, 6) is 0. The fourth-order valence-corrected chi connectivity index (χ4v) is 3.97. The fourth-order valence-electron chi connectivity index (χ4n) is 2.02. The molecule has 0 unspecified atom stereocenters. The molecule has 3 aromatic rings. The molecule has 0 aliphatic rings. The van der Waals surface area contributed by atoms with Crippen LogP contribution < -0.4 is 15.8 Å². The van der Waals surface area contributed by atoms with E-state index in [0.717, 1.165) is 10.7 Å². The van der Waals surface area contributed by atoms with Gasteiger partial charge in [-0.15, -0.1) is 0 Å². The van der Waals surface area contributed by atoms with Gasteiger partial charge >= 0.3 is 122 Å². The summed E-state index contributed by atoms with van der Waals surface area (Å²) in [6.07, 6.45) is 0. The second kappa shape index (κ2) is 5.53. The molecular formula is C16H13NO2Se. The second-order valence-corrected chi connectivity index (χ2v) is 6.47. The van der Waals surface area contributed by atoms with Gasteiger partial charge < -0.3 is 0 Å². The van der Waals surface area contributed by atoms with Crippen molar-refractivity contribution in [1.29, 1.82) is 0 Å². The Morgan fingerprint density at radius 2 is 1.70 bits per heavy atom. The number of anilines is 1. The van der Waals surface area contributed by atoms with Crippen molar-refractivity contribution in [2.24, 2.45) is 0 Å². The molecule has 0 radical (unpaired) electrons. The van der Waals surface area contributed by atoms with Crippen LogP contribution in [0.4, 0.5) is 5.69 Å². The molecule has 1 heterocycles. The molecule has 20 heavy (non-hydrogen) atoms. The number of nitrogens with two attached hydrogens (primary N) is 1. The first-order valence-corrected chi connectivity index (χ1v) is 8.30. The van der Waals surface area contributed by atoms with Crippen LogP contribution >= 0.6 is 0 Å². The molecule has 2 aromatic carbocycles. The average Bonchev–Trinajstić information content (AvgIpc) is 2.48. The van der Waals surface area contributed by atoms with Crippen molar-refractivity contribution in [3.63, 3.8) is 0 Å². The molecule has 0 saturated heterocycles. The summed E-state index contributed by atoms with van der Waals surface area (Å²) in [7, 11) is 0. The number of para-hydroxylation sites is 1. The van der Waals surface area contributed by atoms with Gasteiger partial charge in [0.2, 0.25) is 0 Å². The maximum absolute atomic E-state index is 12.0. The summed E-state index contributed by atoms with van der Waals surface area (Å²) in [5.41, 5.74) is 8.15. The summed E-state index contributed by atoms with van der Waals surface area (Å²) < 4.78 is 5.97. The number of hydrogen-bond donors (Lipinski definition) is 1. The molecule has 1 aromatic heterocycles. The van der Waals surface area contributed by atoms with Crippen molar-refractivity contribution in [2.45, 2.75) is 5.32 Å². The van der Waals surface area contributed by atoms with Crippen molar-refractivity contribution in [3.8, 4) is 0 Å². The zero-order chi connectivity index (χ0) is 13.9. The molecule has 3 nitrogen and oxygen atoms in total. The van der Waals surface area contributed by atoms with Crippen LogP contribution in [0.2, 0.25) is 0 Å². The molecular weight excluding hydrogens is 317 g/mol. The van der Waals surface area contributed by atoms with E-state index in [2.05, 4.69) is 12.1 Å². The SMILES string of the molecule is Nc1c([Se]Cc2ccccc2)c(=O)oc2ccccc12. The van der Waals surface area contributed by atoms with Crippen molar-refractivity contribution in [2.75, 3.05) is 5.73 Å². The zero-order valence-corrected chi connectivity index (χ0v) is 12.4. The van der Waals surface area contributed by atoms with E-state index in [9.17, 15) is 4.79 Å². The van der Waals surface area contributed by atoms with E-state index in [1.807, 2.05) is 36.4 Å². The average molecular weight is 330 g/mol. The third-order valence-electron chi connectivity index (χ3n) is 3.04. The molecule has 4 heteroatoms. The van der Waals surface area contributed by atoms with E-state index in [4.69, 9.17) is 10.2 Å². The predicted molar refractivity (Wildman–Crippen MR) is 82.4 cm³/mol. The standard InChI is InChI=1S/C16H13NO2Se/c17-14-12-8-4-5-9-13(12)19-16(18)15(14)20-10-11-6-2-1-3-7-11/h1-9H,10,17H2. The van der Waals surface area contributed by atoms with Gasteiger partial charge in [-0.05, 0) is 0 Å². The van der Waals surface area contributed by atoms with E-state index >= 15 is 0 Å². The van der Waals surface area contributed by atoms with E-state index in [-0.39, 0.29) is 20.6 Å². The van der Waals surface area contributed by atoms with Gasteiger partial charge in [-0.3, -0.25) is 0 Å². The van der Waals surface area contributed by atoms with Gasteiger partial charge in [0.15, 0.2) is 0 Å². The van der Waals surface area contributed by atoms with E-state index in [0.29, 0.717) is 15.7 Å². The van der Waals surface area contributed by atoms with E-state index in [1.165, 1.54) is 5.56 Å². The van der Waals surface area contributed by atoms with Gasteiger partial charge in [-0.2, -0.15) is 0 Å². The topological polar surface area (TPSA) is 56.2 Å². The first-order valence-electron chi connectivity index (χ1n) is 6.24. The Labute approximate surface area is 122 Å². The third kappa shape index (κ3) is 2.48. The quantitative estimate of drug-likeness (QED) is 0.589. The van der Waals surface area contributed by atoms with Gasteiger partial charge in [-0.25, -0.2) is 0 Å². The van der Waals surface area contributed by atoms with Crippen LogP contribution in [-0.4, -0.2) is 15.0 Å². The second-order valence-electron chi connectivity index (χ2n) is 4.40. The van der Waals surface area contributed by atoms with Crippen LogP contribution in [0.1, 0.15) is 5.56 Å². The van der Waals surface area contributed by atoms with Crippen LogP contribution in [0.25, 0.3) is 11.0 Å². The van der Waals surface area contributed by atoms with Crippen molar-refractivity contribution < 1.29 is 4.42 Å². The van der Waals surface area contributed by atoms with Gasteiger partial charge in [0.05, 0.1) is 0 Å². The molecule has 0 aliphatic heterocycles. The van der Waals surface area contributed by atoms with Gasteiger partial charge in [0.1, 0.15) is 0 Å². The Balaban J connectivity index is 1.97. The van der Waals surface area contributed by atoms with Crippen LogP contribution in [0.5, 0.6) is 0 Å². The number of fused-ring (bicyclic) bond motifs is 1. The molecule has 0 fully saturated rings. The van der Waals surface area contributed by atoms with Crippen molar-refractivity contribution in [3.05, 3.63) is 70.6 Å². The number of rotatable bonds is 3. The van der Waals surface area contributed by atoms with Crippen molar-refractivity contribution >= 4 is 36.1 Å². The first-order chi connectivity index (χ1) is 9.75. The van der Waals surface area contributed by atoms with Crippen LogP contribution in [0.3, 0.4) is 0 Å².